The van der Waals surface area contributed by atoms with Gasteiger partial charge in [0.1, 0.15) is 23.7 Å². The van der Waals surface area contributed by atoms with Crippen LogP contribution in [0.3, 0.4) is 0 Å². The third-order valence-electron chi connectivity index (χ3n) is 15.3. The molecule has 2 aromatic heterocycles. The number of nitrogens with zero attached hydrogens (tertiary/aromatic N) is 4. The number of alkyl carbamates (subject to hydrolysis) is 2. The number of ether oxygens (including phenoxy) is 2. The minimum Gasteiger partial charge on any atom is -0.453 e. The van der Waals surface area contributed by atoms with E-state index in [1.807, 2.05) is 50.9 Å². The Morgan fingerprint density at radius 2 is 1.19 bits per heavy atom. The maximum Gasteiger partial charge on any atom is 0.407 e. The number of aromatic nitrogens is 4. The number of benzene rings is 3. The van der Waals surface area contributed by atoms with Gasteiger partial charge >= 0.3 is 12.2 Å². The SMILES string of the molecule is COC(=O)N[C@H](C(=O)N1CCCC[C@H]1c1ncc(-c2ccc(-c3ccc(-c4ccc5nc([C@@H]6CCCCN6C(=O)[C@@H](NC(=O)OC)C(C)C)[nH]c(=O)c5c4)c4c3CC3(CCCC3)C4)cc2)[nH]1)C(C)C. The highest BCUT2D eigenvalue weighted by molar-refractivity contribution is 5.89. The van der Waals surface area contributed by atoms with E-state index < -0.39 is 30.3 Å². The molecular formula is C54H66N8O7. The molecule has 2 aliphatic heterocycles. The van der Waals surface area contributed by atoms with Crippen LogP contribution in [0.1, 0.15) is 127 Å². The quantitative estimate of drug-likeness (QED) is 0.100. The lowest BCUT2D eigenvalue weighted by Gasteiger charge is -2.38. The van der Waals surface area contributed by atoms with E-state index >= 15 is 0 Å². The Balaban J connectivity index is 0.980. The van der Waals surface area contributed by atoms with Crippen molar-refractivity contribution < 1.29 is 28.7 Å². The van der Waals surface area contributed by atoms with Gasteiger partial charge < -0.3 is 39.9 Å². The average molecular weight is 939 g/mol. The van der Waals surface area contributed by atoms with Crippen molar-refractivity contribution in [2.24, 2.45) is 17.3 Å². The van der Waals surface area contributed by atoms with Crippen molar-refractivity contribution in [3.63, 3.8) is 0 Å². The number of rotatable bonds is 11. The number of hydrogen-bond donors (Lipinski definition) is 4. The fourth-order valence-electron chi connectivity index (χ4n) is 11.6. The van der Waals surface area contributed by atoms with Crippen molar-refractivity contribution in [2.75, 3.05) is 27.3 Å². The van der Waals surface area contributed by atoms with Gasteiger partial charge in [0.25, 0.3) is 5.56 Å². The van der Waals surface area contributed by atoms with E-state index in [-0.39, 0.29) is 40.7 Å². The molecule has 15 nitrogen and oxygen atoms in total. The van der Waals surface area contributed by atoms with Gasteiger partial charge in [-0.3, -0.25) is 14.4 Å². The maximum atomic E-state index is 14.0. The Morgan fingerprint density at radius 1 is 0.667 bits per heavy atom. The summed E-state index contributed by atoms with van der Waals surface area (Å²) in [4.78, 5) is 86.2. The number of hydrogen-bond acceptors (Lipinski definition) is 9. The molecule has 0 radical (unpaired) electrons. The number of nitrogens with one attached hydrogen (secondary N) is 4. The number of H-pyrrole nitrogens is 2. The van der Waals surface area contributed by atoms with Gasteiger partial charge in [0.15, 0.2) is 0 Å². The van der Waals surface area contributed by atoms with E-state index in [2.05, 4.69) is 63.1 Å². The van der Waals surface area contributed by atoms with E-state index in [0.29, 0.717) is 36.2 Å². The van der Waals surface area contributed by atoms with Crippen LogP contribution in [-0.4, -0.2) is 93.1 Å². The molecule has 2 aliphatic carbocycles. The molecule has 0 bridgehead atoms. The smallest absolute Gasteiger partial charge is 0.407 e. The number of piperidine rings is 2. The lowest BCUT2D eigenvalue weighted by molar-refractivity contribution is -0.139. The predicted molar refractivity (Wildman–Crippen MR) is 264 cm³/mol. The van der Waals surface area contributed by atoms with Crippen LogP contribution < -0.4 is 16.2 Å². The molecule has 1 spiro atoms. The summed E-state index contributed by atoms with van der Waals surface area (Å²) >= 11 is 0. The third kappa shape index (κ3) is 9.48. The second-order valence-corrected chi connectivity index (χ2v) is 20.4. The Kier molecular flexibility index (Phi) is 13.7. The van der Waals surface area contributed by atoms with Gasteiger partial charge in [-0.1, -0.05) is 83.0 Å². The molecule has 9 rings (SSSR count). The van der Waals surface area contributed by atoms with Gasteiger partial charge in [0.2, 0.25) is 11.8 Å². The van der Waals surface area contributed by atoms with Crippen LogP contribution in [0.15, 0.2) is 65.6 Å². The van der Waals surface area contributed by atoms with Crippen molar-refractivity contribution >= 4 is 34.9 Å². The lowest BCUT2D eigenvalue weighted by atomic mass is 9.82. The molecular weight excluding hydrogens is 873 g/mol. The average Bonchev–Trinajstić information content (AvgIpc) is 4.14. The zero-order valence-electron chi connectivity index (χ0n) is 40.8. The zero-order valence-corrected chi connectivity index (χ0v) is 40.8. The minimum absolute atomic E-state index is 0.119. The topological polar surface area (TPSA) is 192 Å². The molecule has 1 saturated carbocycles. The van der Waals surface area contributed by atoms with Crippen molar-refractivity contribution in [3.05, 3.63) is 93.9 Å². The summed E-state index contributed by atoms with van der Waals surface area (Å²) < 4.78 is 9.64. The van der Waals surface area contributed by atoms with Gasteiger partial charge in [-0.05, 0) is 133 Å². The molecule has 0 unspecified atom stereocenters. The van der Waals surface area contributed by atoms with E-state index in [1.165, 1.54) is 56.6 Å². The zero-order chi connectivity index (χ0) is 48.6. The lowest BCUT2D eigenvalue weighted by Crippen LogP contribution is -2.53. The minimum atomic E-state index is -0.776. The van der Waals surface area contributed by atoms with Gasteiger partial charge in [0.05, 0.1) is 49.1 Å². The largest absolute Gasteiger partial charge is 0.453 e. The molecule has 5 aromatic rings. The van der Waals surface area contributed by atoms with Crippen molar-refractivity contribution in [1.82, 2.24) is 40.4 Å². The highest BCUT2D eigenvalue weighted by atomic mass is 16.5. The van der Waals surface area contributed by atoms with Crippen LogP contribution in [0.5, 0.6) is 0 Å². The first-order valence-electron chi connectivity index (χ1n) is 24.9. The van der Waals surface area contributed by atoms with Gasteiger partial charge in [-0.2, -0.15) is 0 Å². The highest BCUT2D eigenvalue weighted by Gasteiger charge is 2.42. The third-order valence-corrected chi connectivity index (χ3v) is 15.3. The summed E-state index contributed by atoms with van der Waals surface area (Å²) in [6, 6.07) is 16.9. The van der Waals surface area contributed by atoms with Crippen molar-refractivity contribution in [1.29, 1.82) is 0 Å². The molecule has 4 N–H and O–H groups in total. The van der Waals surface area contributed by atoms with E-state index in [9.17, 15) is 24.0 Å². The molecule has 364 valence electrons. The molecule has 2 saturated heterocycles. The first-order chi connectivity index (χ1) is 33.3. The first kappa shape index (κ1) is 47.6. The molecule has 69 heavy (non-hydrogen) atoms. The van der Waals surface area contributed by atoms with Crippen molar-refractivity contribution in [2.45, 2.75) is 129 Å². The summed E-state index contributed by atoms with van der Waals surface area (Å²) in [5, 5.41) is 5.95. The first-order valence-corrected chi connectivity index (χ1v) is 24.9. The molecule has 4 amide bonds. The van der Waals surface area contributed by atoms with Gasteiger partial charge in [0, 0.05) is 13.1 Å². The van der Waals surface area contributed by atoms with E-state index in [4.69, 9.17) is 19.4 Å². The monoisotopic (exact) mass is 939 g/mol. The number of fused-ring (bicyclic) bond motifs is 2. The Morgan fingerprint density at radius 3 is 1.74 bits per heavy atom. The summed E-state index contributed by atoms with van der Waals surface area (Å²) in [7, 11) is 2.58. The fourth-order valence-corrected chi connectivity index (χ4v) is 11.6. The van der Waals surface area contributed by atoms with Crippen LogP contribution >= 0.6 is 0 Å². The van der Waals surface area contributed by atoms with Crippen LogP contribution in [0.2, 0.25) is 0 Å². The Hall–Kier alpha value is -6.51. The van der Waals surface area contributed by atoms with Gasteiger partial charge in [-0.25, -0.2) is 19.6 Å². The van der Waals surface area contributed by atoms with Crippen LogP contribution in [0.25, 0.3) is 44.4 Å². The summed E-state index contributed by atoms with van der Waals surface area (Å²) in [6.07, 6.45) is 12.4. The normalized spacial score (nSPS) is 19.7. The summed E-state index contributed by atoms with van der Waals surface area (Å²) in [6.45, 7) is 8.69. The molecule has 3 fully saturated rings. The fraction of sp³-hybridized carbons (Fsp3) is 0.500. The van der Waals surface area contributed by atoms with E-state index in [1.54, 1.807) is 4.90 Å². The molecule has 15 heteroatoms. The molecule has 3 aromatic carbocycles. The number of carbonyl (C=O) groups is 4. The second-order valence-electron chi connectivity index (χ2n) is 20.4. The molecule has 4 heterocycles. The van der Waals surface area contributed by atoms with Crippen molar-refractivity contribution in [3.8, 4) is 33.5 Å². The number of imidazole rings is 1. The van der Waals surface area contributed by atoms with Crippen LogP contribution in [0.4, 0.5) is 9.59 Å². The van der Waals surface area contributed by atoms with Crippen LogP contribution in [-0.2, 0) is 31.9 Å². The van der Waals surface area contributed by atoms with E-state index in [0.717, 1.165) is 78.7 Å². The standard InChI is InChI=1S/C54H66N8O7/c1-31(2)45(58-52(66)68-5)50(64)61-25-11-7-13-43(61)47-55-30-42(57-47)34-17-15-33(16-18-34)36-20-21-37(40-29-54(28-39(36)40)23-9-10-24-54)35-19-22-41-38(27-35)49(63)60-48(56-41)44-14-8-12-26-62(44)51(65)46(32(3)4)59-53(67)69-6/h15-22,27,30-32,43-46H,7-14,23-26,28-29H2,1-6H3,(H,55,57)(H,58,66)(H,59,67)(H,56,60,63)/t43-,44-,45-,46-/m0/s1. The number of likely N-dealkylation sites (tertiary alicyclic amines) is 2. The van der Waals surface area contributed by atoms with Gasteiger partial charge in [-0.15, -0.1) is 0 Å². The number of aromatic amines is 2. The highest BCUT2D eigenvalue weighted by Crippen LogP contribution is 2.53. The second kappa shape index (κ2) is 19.8. The molecule has 4 atom stereocenters. The number of carbonyl (C=O) groups excluding carboxylic acids is 4. The summed E-state index contributed by atoms with van der Waals surface area (Å²) in [5.41, 5.74) is 9.64. The maximum absolute atomic E-state index is 14.0. The number of methoxy groups -OCH3 is 2. The van der Waals surface area contributed by atoms with Crippen LogP contribution in [0, 0.1) is 17.3 Å². The summed E-state index contributed by atoms with van der Waals surface area (Å²) in [5.74, 6) is 0.545. The molecule has 4 aliphatic rings. The number of amides is 4. The Bertz CT molecular complexity index is 2790. The predicted octanol–water partition coefficient (Wildman–Crippen LogP) is 9.17. The Labute approximate surface area is 403 Å².